The molecule has 2 heteroatoms. The first-order valence-corrected chi connectivity index (χ1v) is 5.48. The van der Waals surface area contributed by atoms with Gasteiger partial charge in [0.15, 0.2) is 0 Å². The highest BCUT2D eigenvalue weighted by molar-refractivity contribution is 5.69. The van der Waals surface area contributed by atoms with Crippen LogP contribution in [-0.4, -0.2) is 12.6 Å². The van der Waals surface area contributed by atoms with Crippen molar-refractivity contribution in [1.29, 1.82) is 0 Å². The molecule has 13 heavy (non-hydrogen) atoms. The van der Waals surface area contributed by atoms with E-state index in [0.717, 1.165) is 19.3 Å². The molecule has 1 aliphatic rings. The highest BCUT2D eigenvalue weighted by Crippen LogP contribution is 2.26. The van der Waals surface area contributed by atoms with Gasteiger partial charge in [0, 0.05) is 6.42 Å². The molecule has 0 aliphatic heterocycles. The molecule has 0 spiro atoms. The van der Waals surface area contributed by atoms with Crippen molar-refractivity contribution in [1.82, 2.24) is 0 Å². The van der Waals surface area contributed by atoms with Crippen LogP contribution >= 0.6 is 0 Å². The van der Waals surface area contributed by atoms with Gasteiger partial charge in [-0.1, -0.05) is 26.2 Å². The molecule has 0 atom stereocenters. The summed E-state index contributed by atoms with van der Waals surface area (Å²) in [5, 5.41) is 0. The molecule has 1 rings (SSSR count). The molecule has 0 amide bonds. The third kappa shape index (κ3) is 4.30. The Balaban J connectivity index is 1.90. The molecule has 0 aromatic heterocycles. The van der Waals surface area contributed by atoms with Gasteiger partial charge in [0.05, 0.1) is 6.61 Å². The maximum atomic E-state index is 11.1. The van der Waals surface area contributed by atoms with Crippen LogP contribution in [0.1, 0.15) is 51.9 Å². The maximum absolute atomic E-state index is 11.1. The van der Waals surface area contributed by atoms with E-state index in [-0.39, 0.29) is 5.97 Å². The van der Waals surface area contributed by atoms with Gasteiger partial charge in [0.1, 0.15) is 0 Å². The van der Waals surface area contributed by atoms with Crippen molar-refractivity contribution < 1.29 is 9.53 Å². The first-order valence-electron chi connectivity index (χ1n) is 5.48. The Kier molecular flexibility index (Phi) is 4.87. The van der Waals surface area contributed by atoms with E-state index in [1.54, 1.807) is 0 Å². The highest BCUT2D eigenvalue weighted by atomic mass is 16.5. The Morgan fingerprint density at radius 3 is 2.69 bits per heavy atom. The average Bonchev–Trinajstić information content (AvgIpc) is 2.02. The number of esters is 1. The second-order valence-electron chi connectivity index (χ2n) is 3.94. The minimum absolute atomic E-state index is 0.000324. The Morgan fingerprint density at radius 1 is 1.38 bits per heavy atom. The molecule has 0 bridgehead atoms. The Labute approximate surface area is 80.7 Å². The van der Waals surface area contributed by atoms with E-state index in [9.17, 15) is 4.79 Å². The summed E-state index contributed by atoms with van der Waals surface area (Å²) in [7, 11) is 0. The quantitative estimate of drug-likeness (QED) is 0.468. The molecule has 1 aliphatic carbocycles. The molecule has 0 N–H and O–H groups in total. The number of carbonyl (C=O) groups is 1. The van der Waals surface area contributed by atoms with Crippen LogP contribution in [0.15, 0.2) is 0 Å². The SMILES string of the molecule is CCCCCC(=O)OCC1CCC1. The fourth-order valence-electron chi connectivity index (χ4n) is 1.46. The zero-order valence-corrected chi connectivity index (χ0v) is 8.55. The fraction of sp³-hybridized carbons (Fsp3) is 0.909. The van der Waals surface area contributed by atoms with Crippen LogP contribution in [0.5, 0.6) is 0 Å². The number of rotatable bonds is 6. The van der Waals surface area contributed by atoms with Crippen molar-refractivity contribution >= 4 is 5.97 Å². The molecular weight excluding hydrogens is 164 g/mol. The summed E-state index contributed by atoms with van der Waals surface area (Å²) in [5.41, 5.74) is 0. The van der Waals surface area contributed by atoms with E-state index < -0.39 is 0 Å². The van der Waals surface area contributed by atoms with Crippen LogP contribution < -0.4 is 0 Å². The standard InChI is InChI=1S/C11H20O2/c1-2-3-4-8-11(12)13-9-10-6-5-7-10/h10H,2-9H2,1H3. The summed E-state index contributed by atoms with van der Waals surface area (Å²) in [6, 6.07) is 0. The zero-order valence-electron chi connectivity index (χ0n) is 8.55. The highest BCUT2D eigenvalue weighted by Gasteiger charge is 2.18. The van der Waals surface area contributed by atoms with Crippen molar-refractivity contribution in [3.05, 3.63) is 0 Å². The minimum Gasteiger partial charge on any atom is -0.465 e. The Hall–Kier alpha value is -0.530. The summed E-state index contributed by atoms with van der Waals surface area (Å²) in [4.78, 5) is 11.1. The van der Waals surface area contributed by atoms with E-state index in [0.29, 0.717) is 18.9 Å². The monoisotopic (exact) mass is 184 g/mol. The van der Waals surface area contributed by atoms with Crippen molar-refractivity contribution in [3.63, 3.8) is 0 Å². The van der Waals surface area contributed by atoms with Crippen LogP contribution in [-0.2, 0) is 9.53 Å². The lowest BCUT2D eigenvalue weighted by molar-refractivity contribution is -0.146. The normalized spacial score (nSPS) is 16.7. The van der Waals surface area contributed by atoms with Crippen LogP contribution in [0.4, 0.5) is 0 Å². The van der Waals surface area contributed by atoms with E-state index in [2.05, 4.69) is 6.92 Å². The van der Waals surface area contributed by atoms with Crippen LogP contribution in [0.3, 0.4) is 0 Å². The second-order valence-corrected chi connectivity index (χ2v) is 3.94. The molecule has 0 radical (unpaired) electrons. The molecule has 0 aromatic carbocycles. The maximum Gasteiger partial charge on any atom is 0.305 e. The van der Waals surface area contributed by atoms with Gasteiger partial charge < -0.3 is 4.74 Å². The number of carbonyl (C=O) groups excluding carboxylic acids is 1. The smallest absolute Gasteiger partial charge is 0.305 e. The molecule has 1 fully saturated rings. The van der Waals surface area contributed by atoms with E-state index >= 15 is 0 Å². The van der Waals surface area contributed by atoms with E-state index in [1.165, 1.54) is 19.3 Å². The van der Waals surface area contributed by atoms with Gasteiger partial charge in [-0.2, -0.15) is 0 Å². The lowest BCUT2D eigenvalue weighted by atomic mass is 9.86. The van der Waals surface area contributed by atoms with Crippen molar-refractivity contribution in [3.8, 4) is 0 Å². The molecule has 0 saturated heterocycles. The number of ether oxygens (including phenoxy) is 1. The van der Waals surface area contributed by atoms with Gasteiger partial charge in [0.2, 0.25) is 0 Å². The third-order valence-corrected chi connectivity index (χ3v) is 2.69. The van der Waals surface area contributed by atoms with Gasteiger partial charge >= 0.3 is 5.97 Å². The topological polar surface area (TPSA) is 26.3 Å². The molecule has 1 saturated carbocycles. The lowest BCUT2D eigenvalue weighted by Crippen LogP contribution is -2.19. The number of hydrogen-bond donors (Lipinski definition) is 0. The number of unbranched alkanes of at least 4 members (excludes halogenated alkanes) is 2. The largest absolute Gasteiger partial charge is 0.465 e. The lowest BCUT2D eigenvalue weighted by Gasteiger charge is -2.24. The van der Waals surface area contributed by atoms with E-state index in [1.807, 2.05) is 0 Å². The van der Waals surface area contributed by atoms with Crippen molar-refractivity contribution in [2.75, 3.05) is 6.61 Å². The summed E-state index contributed by atoms with van der Waals surface area (Å²) in [5.74, 6) is 0.676. The predicted octanol–water partition coefficient (Wildman–Crippen LogP) is 2.91. The van der Waals surface area contributed by atoms with Gasteiger partial charge in [-0.25, -0.2) is 0 Å². The van der Waals surface area contributed by atoms with Crippen LogP contribution in [0, 0.1) is 5.92 Å². The first-order chi connectivity index (χ1) is 6.33. The zero-order chi connectivity index (χ0) is 9.52. The molecular formula is C11H20O2. The summed E-state index contributed by atoms with van der Waals surface area (Å²) in [6.45, 7) is 2.81. The molecule has 76 valence electrons. The number of hydrogen-bond acceptors (Lipinski definition) is 2. The summed E-state index contributed by atoms with van der Waals surface area (Å²) in [6.07, 6.45) is 7.72. The van der Waals surface area contributed by atoms with Crippen LogP contribution in [0.25, 0.3) is 0 Å². The fourth-order valence-corrected chi connectivity index (χ4v) is 1.46. The van der Waals surface area contributed by atoms with Gasteiger partial charge in [-0.05, 0) is 25.2 Å². The van der Waals surface area contributed by atoms with Crippen molar-refractivity contribution in [2.45, 2.75) is 51.9 Å². The molecule has 0 aromatic rings. The molecule has 0 heterocycles. The predicted molar refractivity (Wildman–Crippen MR) is 52.4 cm³/mol. The Bertz CT molecular complexity index is 150. The first kappa shape index (κ1) is 10.6. The van der Waals surface area contributed by atoms with Gasteiger partial charge in [-0.3, -0.25) is 4.79 Å². The second kappa shape index (κ2) is 6.01. The minimum atomic E-state index is 0.000324. The third-order valence-electron chi connectivity index (χ3n) is 2.69. The van der Waals surface area contributed by atoms with Gasteiger partial charge in [-0.15, -0.1) is 0 Å². The van der Waals surface area contributed by atoms with Crippen molar-refractivity contribution in [2.24, 2.45) is 5.92 Å². The van der Waals surface area contributed by atoms with Gasteiger partial charge in [0.25, 0.3) is 0 Å². The Morgan fingerprint density at radius 2 is 2.15 bits per heavy atom. The molecule has 2 nitrogen and oxygen atoms in total. The van der Waals surface area contributed by atoms with E-state index in [4.69, 9.17) is 4.74 Å². The molecule has 0 unspecified atom stereocenters. The van der Waals surface area contributed by atoms with Crippen LogP contribution in [0.2, 0.25) is 0 Å². The average molecular weight is 184 g/mol. The summed E-state index contributed by atoms with van der Waals surface area (Å²) >= 11 is 0. The summed E-state index contributed by atoms with van der Waals surface area (Å²) < 4.78 is 5.15.